The SMILES string of the molecule is O=C([O-])CCC(NC(=O)CCC(=O)C1CCCC1)C(=O)[O-].[K+].[K+]. The molecule has 0 aromatic carbocycles. The Bertz CT molecular complexity index is 423. The molecule has 1 fully saturated rings. The summed E-state index contributed by atoms with van der Waals surface area (Å²) in [6.07, 6.45) is 2.97. The molecule has 0 bridgehead atoms. The van der Waals surface area contributed by atoms with Crippen LogP contribution in [0.4, 0.5) is 0 Å². The van der Waals surface area contributed by atoms with Crippen LogP contribution >= 0.6 is 0 Å². The van der Waals surface area contributed by atoms with Gasteiger partial charge < -0.3 is 25.1 Å². The fraction of sp³-hybridized carbons (Fsp3) is 0.714. The minimum Gasteiger partial charge on any atom is -0.550 e. The summed E-state index contributed by atoms with van der Waals surface area (Å²) >= 11 is 0. The Morgan fingerprint density at radius 3 is 2.00 bits per heavy atom. The van der Waals surface area contributed by atoms with Gasteiger partial charge in [0.2, 0.25) is 5.91 Å². The van der Waals surface area contributed by atoms with E-state index >= 15 is 0 Å². The number of rotatable bonds is 9. The average Bonchev–Trinajstić information content (AvgIpc) is 2.94. The van der Waals surface area contributed by atoms with E-state index in [0.29, 0.717) is 0 Å². The van der Waals surface area contributed by atoms with Gasteiger partial charge in [-0.1, -0.05) is 12.8 Å². The third kappa shape index (κ3) is 11.6. The van der Waals surface area contributed by atoms with E-state index in [-0.39, 0.29) is 134 Å². The van der Waals surface area contributed by atoms with Crippen molar-refractivity contribution in [1.82, 2.24) is 5.32 Å². The summed E-state index contributed by atoms with van der Waals surface area (Å²) in [5, 5.41) is 23.3. The number of ketones is 1. The fourth-order valence-corrected chi connectivity index (χ4v) is 2.47. The second kappa shape index (κ2) is 14.5. The van der Waals surface area contributed by atoms with Crippen LogP contribution in [0, 0.1) is 5.92 Å². The molecule has 9 heteroatoms. The van der Waals surface area contributed by atoms with Crippen molar-refractivity contribution >= 4 is 23.6 Å². The van der Waals surface area contributed by atoms with Crippen LogP contribution in [0.1, 0.15) is 51.4 Å². The molecule has 1 aliphatic rings. The van der Waals surface area contributed by atoms with E-state index in [1.807, 2.05) is 0 Å². The summed E-state index contributed by atoms with van der Waals surface area (Å²) in [5.41, 5.74) is 0. The molecule has 1 amide bonds. The Hall–Kier alpha value is 1.35. The van der Waals surface area contributed by atoms with Gasteiger partial charge in [-0.15, -0.1) is 0 Å². The second-order valence-corrected chi connectivity index (χ2v) is 5.30. The fourth-order valence-electron chi connectivity index (χ4n) is 2.47. The molecule has 1 unspecified atom stereocenters. The zero-order valence-electron chi connectivity index (χ0n) is 13.8. The number of hydrogen-bond acceptors (Lipinski definition) is 6. The molecule has 0 aromatic rings. The van der Waals surface area contributed by atoms with E-state index in [4.69, 9.17) is 0 Å². The van der Waals surface area contributed by atoms with Crippen molar-refractivity contribution in [2.45, 2.75) is 57.4 Å². The summed E-state index contributed by atoms with van der Waals surface area (Å²) in [6.45, 7) is 0. The molecule has 1 saturated carbocycles. The number of amides is 1. The summed E-state index contributed by atoms with van der Waals surface area (Å²) in [6, 6.07) is -1.38. The van der Waals surface area contributed by atoms with Gasteiger partial charge in [0.05, 0.1) is 12.0 Å². The first-order valence-electron chi connectivity index (χ1n) is 7.13. The van der Waals surface area contributed by atoms with Crippen molar-refractivity contribution in [2.24, 2.45) is 5.92 Å². The second-order valence-electron chi connectivity index (χ2n) is 5.30. The number of aliphatic carboxylic acids is 2. The number of Topliss-reactive ketones (excluding diaryl/α,β-unsaturated/α-hetero) is 1. The Kier molecular flexibility index (Phi) is 16.8. The maximum Gasteiger partial charge on any atom is 1.00 e. The van der Waals surface area contributed by atoms with E-state index in [9.17, 15) is 29.4 Å². The van der Waals surface area contributed by atoms with Gasteiger partial charge in [-0.3, -0.25) is 9.59 Å². The Balaban J connectivity index is 0. The number of carbonyl (C=O) groups excluding carboxylic acids is 4. The third-order valence-electron chi connectivity index (χ3n) is 3.67. The molecule has 1 N–H and O–H groups in total. The largest absolute Gasteiger partial charge is 1.00 e. The number of hydrogen-bond donors (Lipinski definition) is 1. The topological polar surface area (TPSA) is 126 Å². The number of carboxylic acids is 2. The van der Waals surface area contributed by atoms with Crippen LogP contribution in [0.15, 0.2) is 0 Å². The standard InChI is InChI=1S/C14H21NO6.2K/c16-11(9-3-1-2-4-9)6-7-12(17)15-10(14(20)21)5-8-13(18)19;;/h9-10H,1-8H2,(H,15,17)(H,18,19)(H,20,21);;/q;2*+1/p-2. The number of carbonyl (C=O) groups is 4. The van der Waals surface area contributed by atoms with Crippen molar-refractivity contribution in [1.29, 1.82) is 0 Å². The van der Waals surface area contributed by atoms with Gasteiger partial charge in [0.25, 0.3) is 0 Å². The van der Waals surface area contributed by atoms with Crippen LogP contribution in [-0.4, -0.2) is 29.7 Å². The van der Waals surface area contributed by atoms with E-state index in [1.165, 1.54) is 0 Å². The smallest absolute Gasteiger partial charge is 0.550 e. The quantitative estimate of drug-likeness (QED) is 0.399. The molecule has 1 rings (SSSR count). The van der Waals surface area contributed by atoms with Gasteiger partial charge in [-0.2, -0.15) is 0 Å². The predicted molar refractivity (Wildman–Crippen MR) is 67.4 cm³/mol. The minimum absolute atomic E-state index is 0. The van der Waals surface area contributed by atoms with E-state index in [0.717, 1.165) is 25.7 Å². The molecule has 23 heavy (non-hydrogen) atoms. The predicted octanol–water partition coefficient (Wildman–Crippen LogP) is -7.70. The molecule has 0 radical (unpaired) electrons. The monoisotopic (exact) mass is 375 g/mol. The first kappa shape index (κ1) is 26.6. The van der Waals surface area contributed by atoms with Crippen molar-refractivity contribution < 1.29 is 132 Å². The molecule has 1 aliphatic carbocycles. The Labute approximate surface area is 220 Å². The first-order chi connectivity index (χ1) is 9.90. The van der Waals surface area contributed by atoms with E-state index in [2.05, 4.69) is 5.32 Å². The molecule has 7 nitrogen and oxygen atoms in total. The maximum atomic E-state index is 11.8. The van der Waals surface area contributed by atoms with Crippen LogP contribution in [0.5, 0.6) is 0 Å². The van der Waals surface area contributed by atoms with Crippen LogP contribution in [0.25, 0.3) is 0 Å². The third-order valence-corrected chi connectivity index (χ3v) is 3.67. The van der Waals surface area contributed by atoms with Crippen LogP contribution in [0.2, 0.25) is 0 Å². The molecule has 0 spiro atoms. The number of carboxylic acid groups (broad SMARTS) is 2. The molecular formula is C14H19K2NO6. The minimum atomic E-state index is -1.55. The van der Waals surface area contributed by atoms with Gasteiger partial charge in [0.15, 0.2) is 0 Å². The van der Waals surface area contributed by atoms with Crippen molar-refractivity contribution in [3.8, 4) is 0 Å². The molecule has 1 atom stereocenters. The molecule has 0 aromatic heterocycles. The van der Waals surface area contributed by atoms with Gasteiger partial charge in [0, 0.05) is 24.7 Å². The summed E-state index contributed by atoms with van der Waals surface area (Å²) in [7, 11) is 0. The van der Waals surface area contributed by atoms with Gasteiger partial charge in [0.1, 0.15) is 5.78 Å². The maximum absolute atomic E-state index is 11.8. The Morgan fingerprint density at radius 2 is 1.52 bits per heavy atom. The normalized spacial score (nSPS) is 15.0. The molecule has 0 aliphatic heterocycles. The molecule has 118 valence electrons. The Morgan fingerprint density at radius 1 is 0.957 bits per heavy atom. The van der Waals surface area contributed by atoms with Crippen LogP contribution in [-0.2, 0) is 19.2 Å². The van der Waals surface area contributed by atoms with Crippen molar-refractivity contribution in [3.63, 3.8) is 0 Å². The number of nitrogens with one attached hydrogen (secondary N) is 1. The first-order valence-corrected chi connectivity index (χ1v) is 7.13. The average molecular weight is 376 g/mol. The van der Waals surface area contributed by atoms with Crippen LogP contribution < -0.4 is 118 Å². The summed E-state index contributed by atoms with van der Waals surface area (Å²) < 4.78 is 0. The molecule has 0 saturated heterocycles. The zero-order chi connectivity index (χ0) is 15.8. The summed E-state index contributed by atoms with van der Waals surface area (Å²) in [5.74, 6) is -3.48. The van der Waals surface area contributed by atoms with E-state index < -0.39 is 30.3 Å². The van der Waals surface area contributed by atoms with Gasteiger partial charge >= 0.3 is 103 Å². The van der Waals surface area contributed by atoms with Gasteiger partial charge in [-0.25, -0.2) is 0 Å². The zero-order valence-corrected chi connectivity index (χ0v) is 20.0. The summed E-state index contributed by atoms with van der Waals surface area (Å²) in [4.78, 5) is 44.5. The molecule has 0 heterocycles. The van der Waals surface area contributed by atoms with Gasteiger partial charge in [-0.05, 0) is 25.7 Å². The van der Waals surface area contributed by atoms with Crippen LogP contribution in [0.3, 0.4) is 0 Å². The van der Waals surface area contributed by atoms with Crippen molar-refractivity contribution in [3.05, 3.63) is 0 Å². The van der Waals surface area contributed by atoms with E-state index in [1.54, 1.807) is 0 Å². The van der Waals surface area contributed by atoms with Crippen molar-refractivity contribution in [2.75, 3.05) is 0 Å². The molecular weight excluding hydrogens is 356 g/mol.